The third-order valence-corrected chi connectivity index (χ3v) is 4.29. The van der Waals surface area contributed by atoms with Crippen molar-refractivity contribution in [2.24, 2.45) is 0 Å². The number of pyridine rings is 1. The van der Waals surface area contributed by atoms with Crippen molar-refractivity contribution in [3.8, 4) is 0 Å². The number of rotatable bonds is 4. The van der Waals surface area contributed by atoms with Crippen LogP contribution in [0.2, 0.25) is 0 Å². The normalized spacial score (nSPS) is 17.6. The fourth-order valence-electron chi connectivity index (χ4n) is 3.12. The number of benzene rings is 1. The van der Waals surface area contributed by atoms with Crippen LogP contribution in [0.3, 0.4) is 0 Å². The SMILES string of the molecule is O=C(c1cccc[n+]1[O-])N1CCC[C@H]1CCc1ccccc1. The van der Waals surface area contributed by atoms with Crippen molar-refractivity contribution in [1.82, 2.24) is 4.90 Å². The van der Waals surface area contributed by atoms with Crippen LogP contribution < -0.4 is 4.73 Å². The maximum absolute atomic E-state index is 12.6. The van der Waals surface area contributed by atoms with Gasteiger partial charge in [0, 0.05) is 24.7 Å². The van der Waals surface area contributed by atoms with Gasteiger partial charge in [-0.25, -0.2) is 0 Å². The van der Waals surface area contributed by atoms with E-state index in [1.54, 1.807) is 18.2 Å². The number of aromatic nitrogens is 1. The van der Waals surface area contributed by atoms with E-state index in [2.05, 4.69) is 12.1 Å². The highest BCUT2D eigenvalue weighted by atomic mass is 16.5. The van der Waals surface area contributed by atoms with Crippen LogP contribution in [0.25, 0.3) is 0 Å². The molecule has 1 saturated heterocycles. The van der Waals surface area contributed by atoms with Crippen LogP contribution in [-0.4, -0.2) is 23.4 Å². The molecule has 114 valence electrons. The molecule has 0 radical (unpaired) electrons. The summed E-state index contributed by atoms with van der Waals surface area (Å²) in [5.41, 5.74) is 1.51. The summed E-state index contributed by atoms with van der Waals surface area (Å²) in [6, 6.07) is 15.5. The number of carbonyl (C=O) groups is 1. The first-order chi connectivity index (χ1) is 10.8. The standard InChI is InChI=1S/C18H20N2O2/c21-18(17-10-4-5-14-20(17)22)19-13-6-9-16(19)12-11-15-7-2-1-3-8-15/h1-5,7-8,10,14,16H,6,9,11-13H2/t16-/m0/s1. The van der Waals surface area contributed by atoms with E-state index >= 15 is 0 Å². The van der Waals surface area contributed by atoms with Gasteiger partial charge in [-0.3, -0.25) is 4.79 Å². The summed E-state index contributed by atoms with van der Waals surface area (Å²) >= 11 is 0. The first-order valence-electron chi connectivity index (χ1n) is 7.79. The van der Waals surface area contributed by atoms with Crippen LogP contribution in [0, 0.1) is 5.21 Å². The minimum Gasteiger partial charge on any atom is -0.618 e. The van der Waals surface area contributed by atoms with E-state index in [4.69, 9.17) is 0 Å². The summed E-state index contributed by atoms with van der Waals surface area (Å²) in [5, 5.41) is 11.8. The van der Waals surface area contributed by atoms with Crippen molar-refractivity contribution >= 4 is 5.91 Å². The van der Waals surface area contributed by atoms with Crippen LogP contribution in [0.15, 0.2) is 54.7 Å². The fourth-order valence-corrected chi connectivity index (χ4v) is 3.12. The lowest BCUT2D eigenvalue weighted by Gasteiger charge is -2.24. The Hall–Kier alpha value is -2.36. The van der Waals surface area contributed by atoms with Crippen molar-refractivity contribution in [3.05, 3.63) is 71.2 Å². The Morgan fingerprint density at radius 1 is 1.18 bits per heavy atom. The molecule has 1 atom stereocenters. The molecule has 4 heteroatoms. The highest BCUT2D eigenvalue weighted by Crippen LogP contribution is 2.23. The Morgan fingerprint density at radius 2 is 1.95 bits per heavy atom. The smallest absolute Gasteiger partial charge is 0.320 e. The Balaban J connectivity index is 1.68. The zero-order valence-corrected chi connectivity index (χ0v) is 12.5. The number of aryl methyl sites for hydroxylation is 1. The van der Waals surface area contributed by atoms with Crippen molar-refractivity contribution in [1.29, 1.82) is 0 Å². The Morgan fingerprint density at radius 3 is 2.73 bits per heavy atom. The fraction of sp³-hybridized carbons (Fsp3) is 0.333. The highest BCUT2D eigenvalue weighted by Gasteiger charge is 2.32. The minimum atomic E-state index is -0.147. The molecule has 1 aliphatic heterocycles. The van der Waals surface area contributed by atoms with Gasteiger partial charge in [0.25, 0.3) is 5.69 Å². The van der Waals surface area contributed by atoms with E-state index < -0.39 is 0 Å². The lowest BCUT2D eigenvalue weighted by molar-refractivity contribution is -0.608. The predicted molar refractivity (Wildman–Crippen MR) is 84.2 cm³/mol. The summed E-state index contributed by atoms with van der Waals surface area (Å²) in [6.45, 7) is 0.743. The molecule has 0 unspecified atom stereocenters. The van der Waals surface area contributed by atoms with Gasteiger partial charge >= 0.3 is 5.91 Å². The number of carbonyl (C=O) groups excluding carboxylic acids is 1. The van der Waals surface area contributed by atoms with Gasteiger partial charge in [0.15, 0.2) is 6.20 Å². The zero-order valence-electron chi connectivity index (χ0n) is 12.5. The van der Waals surface area contributed by atoms with Gasteiger partial charge in [-0.1, -0.05) is 30.3 Å². The topological polar surface area (TPSA) is 47.2 Å². The average Bonchev–Trinajstić information content (AvgIpc) is 3.02. The van der Waals surface area contributed by atoms with E-state index in [9.17, 15) is 10.0 Å². The van der Waals surface area contributed by atoms with Gasteiger partial charge in [0.2, 0.25) is 0 Å². The molecule has 3 rings (SSSR count). The molecule has 1 aliphatic rings. The van der Waals surface area contributed by atoms with Gasteiger partial charge in [-0.2, -0.15) is 4.73 Å². The number of amides is 1. The van der Waals surface area contributed by atoms with Gasteiger partial charge in [0.05, 0.1) is 0 Å². The van der Waals surface area contributed by atoms with Crippen molar-refractivity contribution in [3.63, 3.8) is 0 Å². The second-order valence-corrected chi connectivity index (χ2v) is 5.73. The van der Waals surface area contributed by atoms with Gasteiger partial charge in [-0.05, 0) is 37.3 Å². The maximum Gasteiger partial charge on any atom is 0.320 e. The lowest BCUT2D eigenvalue weighted by Crippen LogP contribution is -2.43. The number of hydrogen-bond acceptors (Lipinski definition) is 2. The lowest BCUT2D eigenvalue weighted by atomic mass is 10.0. The average molecular weight is 296 g/mol. The van der Waals surface area contributed by atoms with Crippen LogP contribution in [-0.2, 0) is 6.42 Å². The van der Waals surface area contributed by atoms with Crippen molar-refractivity contribution in [2.75, 3.05) is 6.54 Å². The highest BCUT2D eigenvalue weighted by molar-refractivity contribution is 5.91. The molecule has 2 aromatic rings. The Kier molecular flexibility index (Phi) is 4.37. The molecular weight excluding hydrogens is 276 g/mol. The Labute approximate surface area is 130 Å². The van der Waals surface area contributed by atoms with Crippen LogP contribution in [0.4, 0.5) is 0 Å². The Bertz CT molecular complexity index is 643. The molecule has 0 saturated carbocycles. The van der Waals surface area contributed by atoms with Gasteiger partial charge in [0.1, 0.15) is 0 Å². The predicted octanol–water partition coefficient (Wildman–Crippen LogP) is 2.56. The first kappa shape index (κ1) is 14.6. The first-order valence-corrected chi connectivity index (χ1v) is 7.79. The molecule has 0 bridgehead atoms. The molecular formula is C18H20N2O2. The second-order valence-electron chi connectivity index (χ2n) is 5.73. The molecule has 0 N–H and O–H groups in total. The number of hydrogen-bond donors (Lipinski definition) is 0. The maximum atomic E-state index is 12.6. The summed E-state index contributed by atoms with van der Waals surface area (Å²) in [5.74, 6) is -0.147. The molecule has 0 aliphatic carbocycles. The molecule has 4 nitrogen and oxygen atoms in total. The van der Waals surface area contributed by atoms with Gasteiger partial charge in [-0.15, -0.1) is 0 Å². The summed E-state index contributed by atoms with van der Waals surface area (Å²) in [7, 11) is 0. The van der Waals surface area contributed by atoms with Gasteiger partial charge < -0.3 is 10.1 Å². The van der Waals surface area contributed by atoms with Crippen LogP contribution in [0.5, 0.6) is 0 Å². The molecule has 1 aromatic carbocycles. The minimum absolute atomic E-state index is 0.147. The monoisotopic (exact) mass is 296 g/mol. The van der Waals surface area contributed by atoms with Crippen molar-refractivity contribution < 1.29 is 9.52 Å². The molecule has 22 heavy (non-hydrogen) atoms. The number of likely N-dealkylation sites (tertiary alicyclic amines) is 1. The molecule has 2 heterocycles. The molecule has 1 amide bonds. The van der Waals surface area contributed by atoms with E-state index in [0.717, 1.165) is 32.2 Å². The summed E-state index contributed by atoms with van der Waals surface area (Å²) in [4.78, 5) is 14.5. The van der Waals surface area contributed by atoms with E-state index in [1.807, 2.05) is 23.1 Å². The quantitative estimate of drug-likeness (QED) is 0.643. The second kappa shape index (κ2) is 6.60. The van der Waals surface area contributed by atoms with Crippen molar-refractivity contribution in [2.45, 2.75) is 31.7 Å². The van der Waals surface area contributed by atoms with Crippen LogP contribution in [0.1, 0.15) is 35.3 Å². The molecule has 1 fully saturated rings. The summed E-state index contributed by atoms with van der Waals surface area (Å²) in [6.07, 6.45) is 5.31. The molecule has 0 spiro atoms. The third-order valence-electron chi connectivity index (χ3n) is 4.29. The zero-order chi connectivity index (χ0) is 15.4. The van der Waals surface area contributed by atoms with E-state index in [1.165, 1.54) is 11.8 Å². The van der Waals surface area contributed by atoms with E-state index in [0.29, 0.717) is 4.73 Å². The van der Waals surface area contributed by atoms with E-state index in [-0.39, 0.29) is 17.6 Å². The number of nitrogens with zero attached hydrogens (tertiary/aromatic N) is 2. The van der Waals surface area contributed by atoms with Crippen LogP contribution >= 0.6 is 0 Å². The molecule has 1 aromatic heterocycles. The largest absolute Gasteiger partial charge is 0.618 e. The third kappa shape index (κ3) is 3.11. The summed E-state index contributed by atoms with van der Waals surface area (Å²) < 4.78 is 0.662.